The zero-order valence-corrected chi connectivity index (χ0v) is 10.9. The van der Waals surface area contributed by atoms with E-state index >= 15 is 0 Å². The second kappa shape index (κ2) is 4.76. The van der Waals surface area contributed by atoms with Gasteiger partial charge in [0.05, 0.1) is 10.5 Å². The van der Waals surface area contributed by atoms with Crippen molar-refractivity contribution in [1.82, 2.24) is 14.5 Å². The Morgan fingerprint density at radius 2 is 2.17 bits per heavy atom. The van der Waals surface area contributed by atoms with Gasteiger partial charge in [-0.15, -0.1) is 0 Å². The molecule has 3 rings (SSSR count). The van der Waals surface area contributed by atoms with Crippen LogP contribution in [0, 0.1) is 5.92 Å². The van der Waals surface area contributed by atoms with E-state index < -0.39 is 0 Å². The van der Waals surface area contributed by atoms with Crippen molar-refractivity contribution in [2.75, 3.05) is 0 Å². The molecule has 2 aromatic heterocycles. The molecule has 0 unspecified atom stereocenters. The molecular weight excluding hydrogens is 250 g/mol. The van der Waals surface area contributed by atoms with Gasteiger partial charge in [-0.1, -0.05) is 30.9 Å². The fraction of sp³-hybridized carbons (Fsp3) is 0.538. The molecule has 2 aromatic rings. The molecule has 18 heavy (non-hydrogen) atoms. The minimum absolute atomic E-state index is 0.0784. The van der Waals surface area contributed by atoms with Gasteiger partial charge in [0.25, 0.3) is 0 Å². The van der Waals surface area contributed by atoms with Gasteiger partial charge in [0.2, 0.25) is 0 Å². The van der Waals surface area contributed by atoms with E-state index in [0.29, 0.717) is 16.6 Å². The SMILES string of the molecule is O=c1[nH]c2ncc(Cl)cc2n1CC1CCCCC1. The molecule has 1 aliphatic carbocycles. The fourth-order valence-electron chi connectivity index (χ4n) is 2.82. The molecule has 96 valence electrons. The molecule has 0 atom stereocenters. The van der Waals surface area contributed by atoms with E-state index in [1.54, 1.807) is 10.8 Å². The quantitative estimate of drug-likeness (QED) is 0.908. The van der Waals surface area contributed by atoms with Crippen molar-refractivity contribution in [3.63, 3.8) is 0 Å². The molecular formula is C13H16ClN3O. The molecule has 1 aliphatic rings. The van der Waals surface area contributed by atoms with E-state index in [1.165, 1.54) is 32.1 Å². The molecule has 5 heteroatoms. The summed E-state index contributed by atoms with van der Waals surface area (Å²) in [5.41, 5.74) is 1.36. The lowest BCUT2D eigenvalue weighted by Crippen LogP contribution is -2.22. The van der Waals surface area contributed by atoms with Crippen molar-refractivity contribution in [3.05, 3.63) is 27.8 Å². The minimum Gasteiger partial charge on any atom is -0.290 e. The first kappa shape index (κ1) is 11.8. The number of nitrogens with zero attached hydrogens (tertiary/aromatic N) is 2. The molecule has 0 saturated heterocycles. The number of imidazole rings is 1. The smallest absolute Gasteiger partial charge is 0.290 e. The van der Waals surface area contributed by atoms with Crippen LogP contribution in [0.1, 0.15) is 32.1 Å². The number of H-pyrrole nitrogens is 1. The lowest BCUT2D eigenvalue weighted by molar-refractivity contribution is 0.319. The van der Waals surface area contributed by atoms with Crippen molar-refractivity contribution in [2.24, 2.45) is 5.92 Å². The van der Waals surface area contributed by atoms with Gasteiger partial charge in [-0.2, -0.15) is 0 Å². The molecule has 0 amide bonds. The van der Waals surface area contributed by atoms with E-state index in [0.717, 1.165) is 12.1 Å². The normalized spacial score (nSPS) is 17.4. The van der Waals surface area contributed by atoms with Crippen LogP contribution < -0.4 is 5.69 Å². The van der Waals surface area contributed by atoms with Crippen LogP contribution in [0.25, 0.3) is 11.2 Å². The Balaban J connectivity index is 1.97. The Morgan fingerprint density at radius 1 is 1.39 bits per heavy atom. The van der Waals surface area contributed by atoms with E-state index in [1.807, 2.05) is 6.07 Å². The maximum atomic E-state index is 11.9. The van der Waals surface area contributed by atoms with Crippen molar-refractivity contribution in [1.29, 1.82) is 0 Å². The number of rotatable bonds is 2. The molecule has 0 spiro atoms. The van der Waals surface area contributed by atoms with E-state index in [2.05, 4.69) is 9.97 Å². The second-order valence-electron chi connectivity index (χ2n) is 5.07. The maximum Gasteiger partial charge on any atom is 0.327 e. The third-order valence-electron chi connectivity index (χ3n) is 3.76. The first-order valence-electron chi connectivity index (χ1n) is 6.48. The largest absolute Gasteiger partial charge is 0.327 e. The predicted molar refractivity (Wildman–Crippen MR) is 71.9 cm³/mol. The van der Waals surface area contributed by atoms with Crippen LogP contribution in [0.4, 0.5) is 0 Å². The molecule has 0 aromatic carbocycles. The highest BCUT2D eigenvalue weighted by Gasteiger charge is 2.17. The van der Waals surface area contributed by atoms with Gasteiger partial charge in [-0.05, 0) is 24.8 Å². The maximum absolute atomic E-state index is 11.9. The highest BCUT2D eigenvalue weighted by atomic mass is 35.5. The van der Waals surface area contributed by atoms with Crippen LogP contribution in [0.15, 0.2) is 17.1 Å². The summed E-state index contributed by atoms with van der Waals surface area (Å²) in [5, 5.41) is 0.568. The zero-order valence-electron chi connectivity index (χ0n) is 10.2. The van der Waals surface area contributed by atoms with E-state index in [9.17, 15) is 4.79 Å². The topological polar surface area (TPSA) is 50.7 Å². The van der Waals surface area contributed by atoms with Gasteiger partial charge in [-0.3, -0.25) is 9.55 Å². The fourth-order valence-corrected chi connectivity index (χ4v) is 2.97. The third-order valence-corrected chi connectivity index (χ3v) is 3.97. The first-order chi connectivity index (χ1) is 8.74. The summed E-state index contributed by atoms with van der Waals surface area (Å²) in [6.45, 7) is 0.779. The Bertz CT molecular complexity index is 610. The highest BCUT2D eigenvalue weighted by molar-refractivity contribution is 6.31. The van der Waals surface area contributed by atoms with Crippen molar-refractivity contribution >= 4 is 22.8 Å². The average Bonchev–Trinajstić information content (AvgIpc) is 2.67. The van der Waals surface area contributed by atoms with Crippen LogP contribution in [0.5, 0.6) is 0 Å². The van der Waals surface area contributed by atoms with Crippen LogP contribution in [-0.4, -0.2) is 14.5 Å². The van der Waals surface area contributed by atoms with Gasteiger partial charge >= 0.3 is 5.69 Å². The van der Waals surface area contributed by atoms with Crippen LogP contribution in [0.3, 0.4) is 0 Å². The number of nitrogens with one attached hydrogen (secondary N) is 1. The summed E-state index contributed by atoms with van der Waals surface area (Å²) in [7, 11) is 0. The lowest BCUT2D eigenvalue weighted by Gasteiger charge is -2.21. The molecule has 1 saturated carbocycles. The first-order valence-corrected chi connectivity index (χ1v) is 6.86. The molecule has 1 fully saturated rings. The van der Waals surface area contributed by atoms with E-state index in [-0.39, 0.29) is 5.69 Å². The second-order valence-corrected chi connectivity index (χ2v) is 5.50. The van der Waals surface area contributed by atoms with Gasteiger partial charge in [0, 0.05) is 12.7 Å². The monoisotopic (exact) mass is 265 g/mol. The highest BCUT2D eigenvalue weighted by Crippen LogP contribution is 2.25. The van der Waals surface area contributed by atoms with E-state index in [4.69, 9.17) is 11.6 Å². The van der Waals surface area contributed by atoms with Crippen molar-refractivity contribution < 1.29 is 0 Å². The number of aromatic nitrogens is 3. The number of fused-ring (bicyclic) bond motifs is 1. The Kier molecular flexibility index (Phi) is 3.12. The summed E-state index contributed by atoms with van der Waals surface area (Å²) in [6, 6.07) is 1.81. The number of hydrogen-bond donors (Lipinski definition) is 1. The Morgan fingerprint density at radius 3 is 2.94 bits per heavy atom. The predicted octanol–water partition coefficient (Wildman–Crippen LogP) is 2.96. The van der Waals surface area contributed by atoms with Crippen LogP contribution in [-0.2, 0) is 6.54 Å². The summed E-state index contributed by atoms with van der Waals surface area (Å²) in [6.07, 6.45) is 7.87. The lowest BCUT2D eigenvalue weighted by atomic mass is 9.89. The molecule has 4 nitrogen and oxygen atoms in total. The summed E-state index contributed by atoms with van der Waals surface area (Å²) in [4.78, 5) is 18.9. The summed E-state index contributed by atoms with van der Waals surface area (Å²) < 4.78 is 1.78. The van der Waals surface area contributed by atoms with Crippen LogP contribution in [0.2, 0.25) is 5.02 Å². The Labute approximate surface area is 110 Å². The number of aromatic amines is 1. The number of halogens is 1. The minimum atomic E-state index is -0.0784. The molecule has 2 heterocycles. The van der Waals surface area contributed by atoms with Crippen molar-refractivity contribution in [3.8, 4) is 0 Å². The molecule has 0 bridgehead atoms. The van der Waals surface area contributed by atoms with Gasteiger partial charge in [-0.25, -0.2) is 9.78 Å². The number of hydrogen-bond acceptors (Lipinski definition) is 2. The van der Waals surface area contributed by atoms with Gasteiger partial charge in [0.1, 0.15) is 0 Å². The van der Waals surface area contributed by atoms with Gasteiger partial charge < -0.3 is 0 Å². The summed E-state index contributed by atoms with van der Waals surface area (Å²) in [5.74, 6) is 0.606. The van der Waals surface area contributed by atoms with Gasteiger partial charge in [0.15, 0.2) is 5.65 Å². The average molecular weight is 266 g/mol. The molecule has 0 aliphatic heterocycles. The third kappa shape index (κ3) is 2.17. The molecule has 1 N–H and O–H groups in total. The molecule has 0 radical (unpaired) electrons. The zero-order chi connectivity index (χ0) is 12.5. The summed E-state index contributed by atoms with van der Waals surface area (Å²) >= 11 is 5.95. The number of pyridine rings is 1. The standard InChI is InChI=1S/C13H16ClN3O/c14-10-6-11-12(15-7-10)16-13(18)17(11)8-9-4-2-1-3-5-9/h6-7,9H,1-5,8H2,(H,15,16,18). The van der Waals surface area contributed by atoms with Crippen LogP contribution >= 0.6 is 11.6 Å². The van der Waals surface area contributed by atoms with Crippen molar-refractivity contribution in [2.45, 2.75) is 38.6 Å². The Hall–Kier alpha value is -1.29.